The number of nitrogens with zero attached hydrogens (tertiary/aromatic N) is 2. The quantitative estimate of drug-likeness (QED) is 0.686. The topological polar surface area (TPSA) is 68.4 Å². The second-order valence-electron chi connectivity index (χ2n) is 4.98. The molecule has 0 bridgehead atoms. The SMILES string of the molecule is COc1ccc(-c2nnc(SCC(O)c3ccc(F)cc3)o2)cc1. The van der Waals surface area contributed by atoms with Gasteiger partial charge in [0.05, 0.1) is 13.2 Å². The van der Waals surface area contributed by atoms with Crippen LogP contribution >= 0.6 is 11.8 Å². The van der Waals surface area contributed by atoms with E-state index in [2.05, 4.69) is 10.2 Å². The predicted molar refractivity (Wildman–Crippen MR) is 88.4 cm³/mol. The number of rotatable bonds is 6. The van der Waals surface area contributed by atoms with Gasteiger partial charge in [-0.25, -0.2) is 4.39 Å². The van der Waals surface area contributed by atoms with Gasteiger partial charge in [-0.05, 0) is 42.0 Å². The lowest BCUT2D eigenvalue weighted by molar-refractivity contribution is 0.203. The summed E-state index contributed by atoms with van der Waals surface area (Å²) in [6.45, 7) is 0. The van der Waals surface area contributed by atoms with Gasteiger partial charge in [0.1, 0.15) is 11.6 Å². The fourth-order valence-corrected chi connectivity index (χ4v) is 2.78. The Morgan fingerprint density at radius 1 is 1.12 bits per heavy atom. The van der Waals surface area contributed by atoms with Crippen molar-refractivity contribution in [2.75, 3.05) is 12.9 Å². The van der Waals surface area contributed by atoms with Crippen molar-refractivity contribution in [3.8, 4) is 17.2 Å². The molecule has 0 spiro atoms. The van der Waals surface area contributed by atoms with Gasteiger partial charge in [0.15, 0.2) is 0 Å². The van der Waals surface area contributed by atoms with Gasteiger partial charge in [0.2, 0.25) is 5.89 Å². The summed E-state index contributed by atoms with van der Waals surface area (Å²) in [5, 5.41) is 18.4. The van der Waals surface area contributed by atoms with Crippen LogP contribution in [0, 0.1) is 5.82 Å². The van der Waals surface area contributed by atoms with E-state index in [9.17, 15) is 9.50 Å². The Morgan fingerprint density at radius 3 is 2.50 bits per heavy atom. The summed E-state index contributed by atoms with van der Waals surface area (Å²) in [6.07, 6.45) is -0.744. The van der Waals surface area contributed by atoms with Crippen LogP contribution in [0.1, 0.15) is 11.7 Å². The summed E-state index contributed by atoms with van der Waals surface area (Å²) in [5.74, 6) is 1.14. The fraction of sp³-hybridized carbons (Fsp3) is 0.176. The van der Waals surface area contributed by atoms with Crippen LogP contribution in [0.4, 0.5) is 4.39 Å². The average molecular weight is 346 g/mol. The highest BCUT2D eigenvalue weighted by Gasteiger charge is 2.13. The van der Waals surface area contributed by atoms with E-state index in [4.69, 9.17) is 9.15 Å². The van der Waals surface area contributed by atoms with Crippen molar-refractivity contribution in [2.24, 2.45) is 0 Å². The molecule has 0 saturated carbocycles. The molecule has 0 aliphatic heterocycles. The van der Waals surface area contributed by atoms with E-state index in [0.29, 0.717) is 22.4 Å². The number of hydrogen-bond donors (Lipinski definition) is 1. The molecular weight excluding hydrogens is 331 g/mol. The summed E-state index contributed by atoms with van der Waals surface area (Å²) in [4.78, 5) is 0. The van der Waals surface area contributed by atoms with Crippen LogP contribution in [0.3, 0.4) is 0 Å². The van der Waals surface area contributed by atoms with E-state index in [1.807, 2.05) is 24.3 Å². The summed E-state index contributed by atoms with van der Waals surface area (Å²) in [7, 11) is 1.60. The number of aliphatic hydroxyl groups is 1. The standard InChI is InChI=1S/C17H15FN2O3S/c1-22-14-8-4-12(5-9-14)16-19-20-17(23-16)24-10-15(21)11-2-6-13(18)7-3-11/h2-9,15,21H,10H2,1H3. The highest BCUT2D eigenvalue weighted by molar-refractivity contribution is 7.99. The maximum atomic E-state index is 12.9. The minimum atomic E-state index is -0.744. The second-order valence-corrected chi connectivity index (χ2v) is 5.95. The normalized spacial score (nSPS) is 12.1. The summed E-state index contributed by atoms with van der Waals surface area (Å²) in [5.41, 5.74) is 1.42. The highest BCUT2D eigenvalue weighted by atomic mass is 32.2. The molecule has 7 heteroatoms. The summed E-state index contributed by atoms with van der Waals surface area (Å²) >= 11 is 1.24. The molecule has 124 valence electrons. The maximum absolute atomic E-state index is 12.9. The molecule has 24 heavy (non-hydrogen) atoms. The Bertz CT molecular complexity index is 790. The monoisotopic (exact) mass is 346 g/mol. The van der Waals surface area contributed by atoms with Crippen molar-refractivity contribution in [2.45, 2.75) is 11.3 Å². The largest absolute Gasteiger partial charge is 0.497 e. The molecule has 0 aliphatic carbocycles. The minimum absolute atomic E-state index is 0.329. The number of aromatic nitrogens is 2. The Kier molecular flexibility index (Phi) is 5.12. The van der Waals surface area contributed by atoms with Gasteiger partial charge in [0.25, 0.3) is 5.22 Å². The first kappa shape index (κ1) is 16.5. The third-order valence-electron chi connectivity index (χ3n) is 3.36. The Hall–Kier alpha value is -2.38. The number of methoxy groups -OCH3 is 1. The van der Waals surface area contributed by atoms with Crippen molar-refractivity contribution >= 4 is 11.8 Å². The summed E-state index contributed by atoms with van der Waals surface area (Å²) in [6, 6.07) is 13.0. The molecule has 0 saturated heterocycles. The molecule has 3 aromatic rings. The van der Waals surface area contributed by atoms with Gasteiger partial charge in [-0.3, -0.25) is 0 Å². The third kappa shape index (κ3) is 3.93. The molecule has 0 radical (unpaired) electrons. The van der Waals surface area contributed by atoms with Gasteiger partial charge < -0.3 is 14.3 Å². The first-order valence-corrected chi connectivity index (χ1v) is 8.18. The number of ether oxygens (including phenoxy) is 1. The highest BCUT2D eigenvalue weighted by Crippen LogP contribution is 2.27. The van der Waals surface area contributed by atoms with E-state index < -0.39 is 6.10 Å². The summed E-state index contributed by atoms with van der Waals surface area (Å²) < 4.78 is 23.6. The van der Waals surface area contributed by atoms with Crippen LogP contribution in [0.5, 0.6) is 5.75 Å². The van der Waals surface area contributed by atoms with Crippen LogP contribution < -0.4 is 4.74 Å². The second kappa shape index (κ2) is 7.46. The molecule has 0 fully saturated rings. The predicted octanol–water partition coefficient (Wildman–Crippen LogP) is 3.71. The number of benzene rings is 2. The van der Waals surface area contributed by atoms with Gasteiger partial charge in [-0.15, -0.1) is 10.2 Å². The van der Waals surface area contributed by atoms with E-state index >= 15 is 0 Å². The van der Waals surface area contributed by atoms with Gasteiger partial charge >= 0.3 is 0 Å². The van der Waals surface area contributed by atoms with Crippen LogP contribution in [0.15, 0.2) is 58.2 Å². The molecule has 1 N–H and O–H groups in total. The first-order chi connectivity index (χ1) is 11.7. The van der Waals surface area contributed by atoms with Crippen LogP contribution in [0.25, 0.3) is 11.5 Å². The minimum Gasteiger partial charge on any atom is -0.497 e. The molecular formula is C17H15FN2O3S. The van der Waals surface area contributed by atoms with E-state index in [0.717, 1.165) is 11.3 Å². The average Bonchev–Trinajstić information content (AvgIpc) is 3.09. The molecule has 0 amide bonds. The lowest BCUT2D eigenvalue weighted by Gasteiger charge is -2.08. The third-order valence-corrected chi connectivity index (χ3v) is 4.26. The Balaban J connectivity index is 1.62. The maximum Gasteiger partial charge on any atom is 0.276 e. The fourth-order valence-electron chi connectivity index (χ4n) is 2.05. The Morgan fingerprint density at radius 2 is 1.83 bits per heavy atom. The number of thioether (sulfide) groups is 1. The lowest BCUT2D eigenvalue weighted by Crippen LogP contribution is -2.00. The van der Waals surface area contributed by atoms with E-state index in [1.165, 1.54) is 23.9 Å². The van der Waals surface area contributed by atoms with Gasteiger partial charge in [-0.2, -0.15) is 0 Å². The Labute approximate surface area is 142 Å². The van der Waals surface area contributed by atoms with Crippen molar-refractivity contribution < 1.29 is 18.7 Å². The first-order valence-electron chi connectivity index (χ1n) is 7.20. The van der Waals surface area contributed by atoms with Gasteiger partial charge in [-0.1, -0.05) is 23.9 Å². The zero-order chi connectivity index (χ0) is 16.9. The molecule has 1 atom stereocenters. The zero-order valence-electron chi connectivity index (χ0n) is 12.8. The lowest BCUT2D eigenvalue weighted by atomic mass is 10.1. The molecule has 1 aromatic heterocycles. The van der Waals surface area contributed by atoms with E-state index in [1.54, 1.807) is 19.2 Å². The van der Waals surface area contributed by atoms with Crippen molar-refractivity contribution in [1.29, 1.82) is 0 Å². The molecule has 0 aliphatic rings. The van der Waals surface area contributed by atoms with Gasteiger partial charge in [0, 0.05) is 11.3 Å². The molecule has 3 rings (SSSR count). The molecule has 5 nitrogen and oxygen atoms in total. The zero-order valence-corrected chi connectivity index (χ0v) is 13.7. The van der Waals surface area contributed by atoms with Crippen LogP contribution in [-0.4, -0.2) is 28.2 Å². The van der Waals surface area contributed by atoms with E-state index in [-0.39, 0.29) is 5.82 Å². The number of aliphatic hydroxyl groups excluding tert-OH is 1. The number of halogens is 1. The number of hydrogen-bond acceptors (Lipinski definition) is 6. The van der Waals surface area contributed by atoms with Crippen LogP contribution in [-0.2, 0) is 0 Å². The van der Waals surface area contributed by atoms with Crippen molar-refractivity contribution in [1.82, 2.24) is 10.2 Å². The van der Waals surface area contributed by atoms with Crippen LogP contribution in [0.2, 0.25) is 0 Å². The molecule has 2 aromatic carbocycles. The molecule has 1 heterocycles. The van der Waals surface area contributed by atoms with Crippen molar-refractivity contribution in [3.63, 3.8) is 0 Å². The van der Waals surface area contributed by atoms with Crippen molar-refractivity contribution in [3.05, 3.63) is 59.9 Å². The molecule has 1 unspecified atom stereocenters. The smallest absolute Gasteiger partial charge is 0.276 e.